The summed E-state index contributed by atoms with van der Waals surface area (Å²) in [4.78, 5) is 22.2. The predicted molar refractivity (Wildman–Crippen MR) is 119 cm³/mol. The Labute approximate surface area is 185 Å². The van der Waals surface area contributed by atoms with Crippen LogP contribution in [0.2, 0.25) is 0 Å². The van der Waals surface area contributed by atoms with E-state index in [1.54, 1.807) is 16.8 Å². The average molecular weight is 433 g/mol. The third kappa shape index (κ3) is 3.78. The number of amides is 1. The lowest BCUT2D eigenvalue weighted by atomic mass is 10.1. The van der Waals surface area contributed by atoms with Gasteiger partial charge in [-0.2, -0.15) is 5.10 Å². The lowest BCUT2D eigenvalue weighted by molar-refractivity contribution is 0.0626. The summed E-state index contributed by atoms with van der Waals surface area (Å²) in [7, 11) is 0. The number of piperazine rings is 1. The van der Waals surface area contributed by atoms with Gasteiger partial charge in [-0.3, -0.25) is 9.69 Å². The minimum Gasteiger partial charge on any atom is -0.336 e. The van der Waals surface area contributed by atoms with E-state index in [2.05, 4.69) is 21.2 Å². The maximum absolute atomic E-state index is 13.3. The minimum atomic E-state index is -0.298. The molecular weight excluding hydrogens is 407 g/mol. The molecule has 0 atom stereocenters. The first-order chi connectivity index (χ1) is 15.5. The SMILES string of the molecule is Cc1nn(-c2ccc(F)cc2)c(C)c1C(=O)N1CCN(Cc2cn3ccccc3n2)CC1. The van der Waals surface area contributed by atoms with Crippen LogP contribution in [0.1, 0.15) is 27.4 Å². The van der Waals surface area contributed by atoms with Crippen molar-refractivity contribution in [2.45, 2.75) is 20.4 Å². The highest BCUT2D eigenvalue weighted by Gasteiger charge is 2.27. The summed E-state index contributed by atoms with van der Waals surface area (Å²) in [5.41, 5.74) is 4.80. The summed E-state index contributed by atoms with van der Waals surface area (Å²) in [5, 5.41) is 4.54. The van der Waals surface area contributed by atoms with Gasteiger partial charge in [0.05, 0.1) is 28.3 Å². The molecule has 1 amide bonds. The van der Waals surface area contributed by atoms with E-state index in [0.29, 0.717) is 24.3 Å². The van der Waals surface area contributed by atoms with Gasteiger partial charge in [-0.05, 0) is 50.2 Å². The number of carbonyl (C=O) groups is 1. The van der Waals surface area contributed by atoms with Gasteiger partial charge in [0, 0.05) is 45.1 Å². The quantitative estimate of drug-likeness (QED) is 0.497. The first-order valence-electron chi connectivity index (χ1n) is 10.8. The second-order valence-electron chi connectivity index (χ2n) is 8.20. The van der Waals surface area contributed by atoms with Crippen LogP contribution in [0, 0.1) is 19.7 Å². The van der Waals surface area contributed by atoms with Crippen molar-refractivity contribution in [1.82, 2.24) is 29.0 Å². The third-order valence-corrected chi connectivity index (χ3v) is 6.04. The minimum absolute atomic E-state index is 0.000687. The number of hydrogen-bond acceptors (Lipinski definition) is 4. The average Bonchev–Trinajstić information content (AvgIpc) is 3.34. The molecule has 0 saturated carbocycles. The Bertz CT molecular complexity index is 1230. The molecule has 0 unspecified atom stereocenters. The van der Waals surface area contributed by atoms with Gasteiger partial charge in [-0.25, -0.2) is 14.1 Å². The van der Waals surface area contributed by atoms with Crippen molar-refractivity contribution in [3.8, 4) is 5.69 Å². The molecule has 1 aliphatic heterocycles. The zero-order valence-corrected chi connectivity index (χ0v) is 18.2. The molecule has 0 spiro atoms. The Balaban J connectivity index is 1.26. The fourth-order valence-electron chi connectivity index (χ4n) is 4.35. The molecule has 0 aliphatic carbocycles. The number of aromatic nitrogens is 4. The summed E-state index contributed by atoms with van der Waals surface area (Å²) in [6, 6.07) is 12.1. The van der Waals surface area contributed by atoms with Crippen LogP contribution in [0.15, 0.2) is 54.9 Å². The first-order valence-corrected chi connectivity index (χ1v) is 10.8. The van der Waals surface area contributed by atoms with Gasteiger partial charge in [-0.15, -0.1) is 0 Å². The lowest BCUT2D eigenvalue weighted by Gasteiger charge is -2.34. The van der Waals surface area contributed by atoms with E-state index in [4.69, 9.17) is 0 Å². The molecule has 1 saturated heterocycles. The van der Waals surface area contributed by atoms with E-state index in [1.807, 2.05) is 47.5 Å². The van der Waals surface area contributed by atoms with Gasteiger partial charge in [0.2, 0.25) is 0 Å². The second kappa shape index (κ2) is 8.20. The maximum atomic E-state index is 13.3. The number of aryl methyl sites for hydroxylation is 1. The molecule has 0 bridgehead atoms. The number of rotatable bonds is 4. The molecule has 5 rings (SSSR count). The molecule has 0 radical (unpaired) electrons. The third-order valence-electron chi connectivity index (χ3n) is 6.04. The number of benzene rings is 1. The predicted octanol–water partition coefficient (Wildman–Crippen LogP) is 3.23. The molecular formula is C24H25FN6O. The van der Waals surface area contributed by atoms with Gasteiger partial charge < -0.3 is 9.30 Å². The van der Waals surface area contributed by atoms with Crippen LogP contribution in [0.4, 0.5) is 4.39 Å². The van der Waals surface area contributed by atoms with Gasteiger partial charge in [0.1, 0.15) is 11.5 Å². The van der Waals surface area contributed by atoms with Crippen LogP contribution < -0.4 is 0 Å². The van der Waals surface area contributed by atoms with Crippen molar-refractivity contribution in [1.29, 1.82) is 0 Å². The number of fused-ring (bicyclic) bond motifs is 1. The summed E-state index contributed by atoms with van der Waals surface area (Å²) in [6.45, 7) is 7.41. The highest BCUT2D eigenvalue weighted by Crippen LogP contribution is 2.21. The first kappa shape index (κ1) is 20.4. The fraction of sp³-hybridized carbons (Fsp3) is 0.292. The second-order valence-corrected chi connectivity index (χ2v) is 8.20. The van der Waals surface area contributed by atoms with Crippen molar-refractivity contribution in [2.24, 2.45) is 0 Å². The standard InChI is InChI=1S/C24H25FN6O/c1-17-23(18(2)31(27-17)21-8-6-19(25)7-9-21)24(32)29-13-11-28(12-14-29)15-20-16-30-10-4-3-5-22(30)26-20/h3-10,16H,11-15H2,1-2H3. The number of carbonyl (C=O) groups excluding carboxylic acids is 1. The zero-order chi connectivity index (χ0) is 22.2. The Morgan fingerprint density at radius 2 is 1.78 bits per heavy atom. The molecule has 32 heavy (non-hydrogen) atoms. The van der Waals surface area contributed by atoms with Gasteiger partial charge in [0.15, 0.2) is 0 Å². The van der Waals surface area contributed by atoms with Gasteiger partial charge >= 0.3 is 0 Å². The van der Waals surface area contributed by atoms with Crippen LogP contribution in [-0.2, 0) is 6.54 Å². The number of pyridine rings is 1. The molecule has 8 heteroatoms. The Hall–Kier alpha value is -3.52. The number of imidazole rings is 1. The van der Waals surface area contributed by atoms with Crippen LogP contribution in [0.3, 0.4) is 0 Å². The van der Waals surface area contributed by atoms with E-state index in [9.17, 15) is 9.18 Å². The molecule has 1 aromatic carbocycles. The van der Waals surface area contributed by atoms with Crippen molar-refractivity contribution in [2.75, 3.05) is 26.2 Å². The fourth-order valence-corrected chi connectivity index (χ4v) is 4.35. The summed E-state index contributed by atoms with van der Waals surface area (Å²) in [5.74, 6) is -0.297. The largest absolute Gasteiger partial charge is 0.336 e. The van der Waals surface area contributed by atoms with Crippen LogP contribution >= 0.6 is 0 Å². The molecule has 164 valence electrons. The normalized spacial score (nSPS) is 14.9. The van der Waals surface area contributed by atoms with Gasteiger partial charge in [-0.1, -0.05) is 6.07 Å². The summed E-state index contributed by atoms with van der Waals surface area (Å²) < 4.78 is 17.0. The van der Waals surface area contributed by atoms with Crippen molar-refractivity contribution >= 4 is 11.6 Å². The van der Waals surface area contributed by atoms with E-state index >= 15 is 0 Å². The van der Waals surface area contributed by atoms with Gasteiger partial charge in [0.25, 0.3) is 5.91 Å². The molecule has 4 heterocycles. The smallest absolute Gasteiger partial charge is 0.257 e. The highest BCUT2D eigenvalue weighted by atomic mass is 19.1. The van der Waals surface area contributed by atoms with E-state index in [0.717, 1.165) is 42.4 Å². The number of halogens is 1. The Morgan fingerprint density at radius 1 is 1.03 bits per heavy atom. The van der Waals surface area contributed by atoms with Crippen LogP contribution in [0.5, 0.6) is 0 Å². The molecule has 4 aromatic rings. The summed E-state index contributed by atoms with van der Waals surface area (Å²) >= 11 is 0. The Morgan fingerprint density at radius 3 is 2.50 bits per heavy atom. The van der Waals surface area contributed by atoms with Crippen molar-refractivity contribution < 1.29 is 9.18 Å². The number of hydrogen-bond donors (Lipinski definition) is 0. The number of nitrogens with zero attached hydrogens (tertiary/aromatic N) is 6. The lowest BCUT2D eigenvalue weighted by Crippen LogP contribution is -2.48. The maximum Gasteiger partial charge on any atom is 0.257 e. The monoisotopic (exact) mass is 432 g/mol. The topological polar surface area (TPSA) is 58.7 Å². The van der Waals surface area contributed by atoms with Crippen LogP contribution in [0.25, 0.3) is 11.3 Å². The van der Waals surface area contributed by atoms with Crippen molar-refractivity contribution in [3.05, 3.63) is 83.3 Å². The molecule has 0 N–H and O–H groups in total. The van der Waals surface area contributed by atoms with Crippen LogP contribution in [-0.4, -0.2) is 61.1 Å². The van der Waals surface area contributed by atoms with E-state index < -0.39 is 0 Å². The zero-order valence-electron chi connectivity index (χ0n) is 18.2. The molecule has 1 fully saturated rings. The van der Waals surface area contributed by atoms with E-state index in [-0.39, 0.29) is 11.7 Å². The molecule has 1 aliphatic rings. The molecule has 3 aromatic heterocycles. The summed E-state index contributed by atoms with van der Waals surface area (Å²) in [6.07, 6.45) is 4.06. The highest BCUT2D eigenvalue weighted by molar-refractivity contribution is 5.96. The Kier molecular flexibility index (Phi) is 5.22. The van der Waals surface area contributed by atoms with Crippen molar-refractivity contribution in [3.63, 3.8) is 0 Å². The molecule has 7 nitrogen and oxygen atoms in total. The van der Waals surface area contributed by atoms with E-state index in [1.165, 1.54) is 12.1 Å².